The lowest BCUT2D eigenvalue weighted by Gasteiger charge is -2.53. The van der Waals surface area contributed by atoms with Gasteiger partial charge < -0.3 is 39.0 Å². The van der Waals surface area contributed by atoms with Crippen LogP contribution in [0.2, 0.25) is 0 Å². The number of hydrogen-bond acceptors (Lipinski definition) is 13. The van der Waals surface area contributed by atoms with Gasteiger partial charge in [-0.2, -0.15) is 39.5 Å². The number of esters is 5. The van der Waals surface area contributed by atoms with Crippen molar-refractivity contribution in [3.05, 3.63) is 60.2 Å². The molecule has 1 saturated carbocycles. The highest BCUT2D eigenvalue weighted by Gasteiger charge is 2.76. The molecule has 0 radical (unpaired) electrons. The molecule has 368 valence electrons. The van der Waals surface area contributed by atoms with Crippen LogP contribution in [0.4, 0.5) is 39.5 Å². The number of phenolic OH excluding ortho intramolecular Hbond substituents is 1. The molecule has 66 heavy (non-hydrogen) atoms. The number of alkyl halides is 9. The van der Waals surface area contributed by atoms with E-state index in [0.29, 0.717) is 5.56 Å². The van der Waals surface area contributed by atoms with E-state index in [1.54, 1.807) is 30.3 Å². The van der Waals surface area contributed by atoms with Gasteiger partial charge in [-0.1, -0.05) is 37.3 Å². The van der Waals surface area contributed by atoms with Crippen molar-refractivity contribution in [3.63, 3.8) is 0 Å². The average Bonchev–Trinajstić information content (AvgIpc) is 3.62. The summed E-state index contributed by atoms with van der Waals surface area (Å²) in [5, 5.41) is 30.9. The van der Waals surface area contributed by atoms with Gasteiger partial charge in [-0.3, -0.25) is 19.2 Å². The first-order valence-electron chi connectivity index (χ1n) is 20.4. The summed E-state index contributed by atoms with van der Waals surface area (Å²) in [6.45, 7) is 7.44. The van der Waals surface area contributed by atoms with Crippen LogP contribution in [-0.2, 0) is 48.5 Å². The number of phenols is 1. The number of ether oxygens (including phenoxy) is 5. The minimum Gasteiger partial charge on any atom is -0.508 e. The predicted octanol–water partition coefficient (Wildman–Crippen LogP) is 7.81. The molecule has 2 aliphatic rings. The van der Waals surface area contributed by atoms with Crippen LogP contribution >= 0.6 is 0 Å². The second-order valence-electron chi connectivity index (χ2n) is 18.2. The lowest BCUT2D eigenvalue weighted by atomic mass is 9.49. The number of hydrogen-bond donors (Lipinski definition) is 3. The molecule has 2 aromatic carbocycles. The highest BCUT2D eigenvalue weighted by molar-refractivity contribution is 5.97. The fourth-order valence-electron chi connectivity index (χ4n) is 8.47. The molecule has 1 saturated heterocycles. The van der Waals surface area contributed by atoms with Crippen molar-refractivity contribution in [1.29, 1.82) is 0 Å². The van der Waals surface area contributed by atoms with E-state index in [1.807, 2.05) is 0 Å². The topological polar surface area (TPSA) is 192 Å². The van der Waals surface area contributed by atoms with Crippen molar-refractivity contribution in [3.8, 4) is 11.5 Å². The van der Waals surface area contributed by atoms with Crippen molar-refractivity contribution in [2.75, 3.05) is 6.61 Å². The van der Waals surface area contributed by atoms with Crippen LogP contribution in [0.3, 0.4) is 0 Å². The van der Waals surface area contributed by atoms with E-state index in [2.05, 4.69) is 0 Å². The zero-order chi connectivity index (χ0) is 50.4. The van der Waals surface area contributed by atoms with E-state index in [-0.39, 0.29) is 31.5 Å². The summed E-state index contributed by atoms with van der Waals surface area (Å²) in [4.78, 5) is 71.7. The molecule has 0 amide bonds. The van der Waals surface area contributed by atoms with E-state index in [0.717, 1.165) is 58.9 Å². The van der Waals surface area contributed by atoms with Crippen LogP contribution < -0.4 is 4.74 Å². The third-order valence-electron chi connectivity index (χ3n) is 13.6. The Balaban J connectivity index is 1.99. The molecule has 8 atom stereocenters. The molecule has 1 heterocycles. The molecule has 8 unspecified atom stereocenters. The van der Waals surface area contributed by atoms with Gasteiger partial charge in [-0.15, -0.1) is 0 Å². The zero-order valence-corrected chi connectivity index (χ0v) is 36.9. The van der Waals surface area contributed by atoms with Crippen LogP contribution in [0.1, 0.15) is 86.6 Å². The second kappa shape index (κ2) is 18.2. The van der Waals surface area contributed by atoms with E-state index in [4.69, 9.17) is 23.7 Å². The van der Waals surface area contributed by atoms with Crippen LogP contribution in [0.25, 0.3) is 0 Å². The number of carbonyl (C=O) groups is 5. The molecule has 1 aliphatic heterocycles. The summed E-state index contributed by atoms with van der Waals surface area (Å²) >= 11 is 0. The number of benzene rings is 2. The Hall–Kier alpha value is -5.12. The number of carbonyl (C=O) groups excluding carboxylic acids is 5. The number of halogens is 9. The number of cyclic esters (lactones) is 1. The minimum absolute atomic E-state index is 0.0663. The molecule has 0 spiro atoms. The quantitative estimate of drug-likeness (QED) is 0.0720. The first-order chi connectivity index (χ1) is 29.9. The van der Waals surface area contributed by atoms with Crippen LogP contribution in [0.5, 0.6) is 11.5 Å². The summed E-state index contributed by atoms with van der Waals surface area (Å²) in [6, 6.07) is 12.3. The van der Waals surface area contributed by atoms with Crippen molar-refractivity contribution in [2.45, 2.75) is 129 Å². The second-order valence-corrected chi connectivity index (χ2v) is 18.2. The van der Waals surface area contributed by atoms with Gasteiger partial charge in [0.1, 0.15) is 23.2 Å². The van der Waals surface area contributed by atoms with Gasteiger partial charge in [0.05, 0.1) is 28.8 Å². The van der Waals surface area contributed by atoms with E-state index >= 15 is 4.79 Å². The summed E-state index contributed by atoms with van der Waals surface area (Å²) in [6.07, 6.45) is -28.1. The Morgan fingerprint density at radius 3 is 1.71 bits per heavy atom. The first kappa shape index (κ1) is 53.5. The van der Waals surface area contributed by atoms with Gasteiger partial charge in [0.2, 0.25) is 6.10 Å². The van der Waals surface area contributed by atoms with Gasteiger partial charge >= 0.3 is 48.4 Å². The predicted molar refractivity (Wildman–Crippen MR) is 208 cm³/mol. The van der Waals surface area contributed by atoms with Gasteiger partial charge in [-0.25, -0.2) is 4.79 Å². The maximum absolute atomic E-state index is 15.2. The molecule has 4 rings (SSSR count). The third kappa shape index (κ3) is 9.66. The molecule has 0 aromatic heterocycles. The Labute approximate surface area is 372 Å². The fourth-order valence-corrected chi connectivity index (χ4v) is 8.47. The highest BCUT2D eigenvalue weighted by atomic mass is 19.4. The van der Waals surface area contributed by atoms with E-state index in [1.165, 1.54) is 13.8 Å². The van der Waals surface area contributed by atoms with E-state index < -0.39 is 131 Å². The Morgan fingerprint density at radius 1 is 0.697 bits per heavy atom. The molecular weight excluding hydrogens is 907 g/mol. The van der Waals surface area contributed by atoms with Gasteiger partial charge in [0.15, 0.2) is 5.60 Å². The van der Waals surface area contributed by atoms with Crippen LogP contribution in [-0.4, -0.2) is 93.7 Å². The summed E-state index contributed by atoms with van der Waals surface area (Å²) in [5.74, 6) is -16.0. The maximum atomic E-state index is 15.2. The number of aromatic hydroxyl groups is 1. The largest absolute Gasteiger partial charge is 0.508 e. The van der Waals surface area contributed by atoms with Crippen molar-refractivity contribution < 1.29 is 102 Å². The van der Waals surface area contributed by atoms with Gasteiger partial charge in [0, 0.05) is 18.3 Å². The monoisotopic (exact) mass is 958 g/mol. The molecular formula is C44H51F9O13. The first-order valence-corrected chi connectivity index (χ1v) is 20.4. The number of rotatable bonds is 14. The molecule has 3 N–H and O–H groups in total. The van der Waals surface area contributed by atoms with Gasteiger partial charge in [-0.05, 0) is 97.6 Å². The smallest absolute Gasteiger partial charge is 0.426 e. The molecule has 1 aliphatic carbocycles. The Bertz CT molecular complexity index is 2100. The molecule has 22 heteroatoms. The molecule has 13 nitrogen and oxygen atoms in total. The molecule has 2 aromatic rings. The molecule has 2 fully saturated rings. The van der Waals surface area contributed by atoms with Crippen LogP contribution in [0, 0.1) is 34.0 Å². The molecule has 0 bridgehead atoms. The Kier molecular flexibility index (Phi) is 14.7. The van der Waals surface area contributed by atoms with E-state index in [9.17, 15) is 74.0 Å². The standard InChI is InChI=1S/C44H51F9O13/c1-23(31(55)63-28-16-14-27(54)15-17-28)38(6,34(58)64-29-21-25(40(8,60)42(45,46)47)20-26(22-29)41(61,43(48,49)50)44(51,52)53)39(7,35(59)65-30-18-19-62-32(30)56)36(2,3)33(57)66-37(4,5)24-12-10-9-11-13-24/h9-17,23,25-26,29-30,54,60-61H,18-22H2,1-8H3. The summed E-state index contributed by atoms with van der Waals surface area (Å²) in [5.41, 5.74) is -19.4. The third-order valence-corrected chi connectivity index (χ3v) is 13.6. The summed E-state index contributed by atoms with van der Waals surface area (Å²) in [7, 11) is 0. The van der Waals surface area contributed by atoms with Gasteiger partial charge in [0.25, 0.3) is 5.60 Å². The average molecular weight is 959 g/mol. The minimum atomic E-state index is -6.60. The Morgan fingerprint density at radius 2 is 1.23 bits per heavy atom. The lowest BCUT2D eigenvalue weighted by molar-refractivity contribution is -0.391. The van der Waals surface area contributed by atoms with Crippen molar-refractivity contribution in [2.24, 2.45) is 34.0 Å². The van der Waals surface area contributed by atoms with Crippen molar-refractivity contribution in [1.82, 2.24) is 0 Å². The normalized spacial score (nSPS) is 23.2. The van der Waals surface area contributed by atoms with Crippen molar-refractivity contribution >= 4 is 29.8 Å². The number of aliphatic hydroxyl groups is 2. The fraction of sp³-hybridized carbons (Fsp3) is 0.614. The SMILES string of the molecule is CC(C(=O)Oc1ccc(O)cc1)C(C)(C(=O)OC1CC(C(C)(O)C(F)(F)F)CC(C(O)(C(F)(F)F)C(F)(F)F)C1)C(C)(C(=O)OC1CCOC1=O)C(C)(C)C(=O)OC(C)(C)c1ccccc1. The summed E-state index contributed by atoms with van der Waals surface area (Å²) < 4.78 is 156. The lowest BCUT2D eigenvalue weighted by Crippen LogP contribution is -2.66. The highest BCUT2D eigenvalue weighted by Crippen LogP contribution is 2.60. The van der Waals surface area contributed by atoms with Crippen LogP contribution in [0.15, 0.2) is 54.6 Å². The maximum Gasteiger partial charge on any atom is 0.426 e. The zero-order valence-electron chi connectivity index (χ0n) is 36.9.